The molecule has 0 saturated heterocycles. The summed E-state index contributed by atoms with van der Waals surface area (Å²) >= 11 is 0. The Kier molecular flexibility index (Phi) is 5.83. The summed E-state index contributed by atoms with van der Waals surface area (Å²) in [7, 11) is 1.33. The Labute approximate surface area is 171 Å². The van der Waals surface area contributed by atoms with E-state index in [-0.39, 0.29) is 11.3 Å². The molecule has 0 aromatic heterocycles. The summed E-state index contributed by atoms with van der Waals surface area (Å²) in [5, 5.41) is 0. The predicted molar refractivity (Wildman–Crippen MR) is 116 cm³/mol. The third-order valence-corrected chi connectivity index (χ3v) is 4.77. The molecular formula is C25H25NO3. The Balaban J connectivity index is 2.11. The van der Waals surface area contributed by atoms with Crippen molar-refractivity contribution in [2.24, 2.45) is 0 Å². The van der Waals surface area contributed by atoms with Crippen molar-refractivity contribution in [2.45, 2.75) is 26.2 Å². The molecule has 0 heterocycles. The van der Waals surface area contributed by atoms with Crippen molar-refractivity contribution in [2.75, 3.05) is 12.0 Å². The molecule has 29 heavy (non-hydrogen) atoms. The standard InChI is InChI=1S/C25H25NO3/c1-25(2,3)19-16-14-18(15-17-19)23(27)26(20-10-6-5-7-11-20)22-13-9-8-12-21(22)24(28)29-4/h5-17H,1-4H3. The molecule has 0 saturated carbocycles. The van der Waals surface area contributed by atoms with E-state index in [1.807, 2.05) is 54.6 Å². The van der Waals surface area contributed by atoms with Crippen LogP contribution in [0.3, 0.4) is 0 Å². The quantitative estimate of drug-likeness (QED) is 0.536. The smallest absolute Gasteiger partial charge is 0.339 e. The van der Waals surface area contributed by atoms with E-state index in [0.29, 0.717) is 22.5 Å². The fraction of sp³-hybridized carbons (Fsp3) is 0.200. The molecule has 0 aliphatic heterocycles. The van der Waals surface area contributed by atoms with Gasteiger partial charge in [0.25, 0.3) is 5.91 Å². The number of hydrogen-bond donors (Lipinski definition) is 0. The van der Waals surface area contributed by atoms with Crippen LogP contribution in [0.1, 0.15) is 47.1 Å². The minimum absolute atomic E-state index is 0.00181. The van der Waals surface area contributed by atoms with Crippen LogP contribution in [0.4, 0.5) is 11.4 Å². The lowest BCUT2D eigenvalue weighted by Crippen LogP contribution is -2.28. The average Bonchev–Trinajstić information content (AvgIpc) is 2.74. The van der Waals surface area contributed by atoms with E-state index in [4.69, 9.17) is 4.74 Å². The number of carbonyl (C=O) groups is 2. The Morgan fingerprint density at radius 1 is 0.793 bits per heavy atom. The molecule has 0 bridgehead atoms. The number of hydrogen-bond acceptors (Lipinski definition) is 3. The second kappa shape index (κ2) is 8.31. The SMILES string of the molecule is COC(=O)c1ccccc1N(C(=O)c1ccc(C(C)(C)C)cc1)c1ccccc1. The van der Waals surface area contributed by atoms with Crippen molar-refractivity contribution in [1.82, 2.24) is 0 Å². The van der Waals surface area contributed by atoms with Crippen LogP contribution >= 0.6 is 0 Å². The van der Waals surface area contributed by atoms with Crippen LogP contribution in [0, 0.1) is 0 Å². The van der Waals surface area contributed by atoms with Crippen LogP contribution in [0.25, 0.3) is 0 Å². The lowest BCUT2D eigenvalue weighted by atomic mass is 9.86. The summed E-state index contributed by atoms with van der Waals surface area (Å²) in [6.07, 6.45) is 0. The first-order valence-corrected chi connectivity index (χ1v) is 9.50. The number of esters is 1. The van der Waals surface area contributed by atoms with E-state index in [1.165, 1.54) is 7.11 Å². The summed E-state index contributed by atoms with van der Waals surface area (Å²) < 4.78 is 4.92. The Bertz CT molecular complexity index is 1000. The molecule has 4 heteroatoms. The number of amides is 1. The number of anilines is 2. The van der Waals surface area contributed by atoms with Gasteiger partial charge in [0.05, 0.1) is 18.4 Å². The molecular weight excluding hydrogens is 362 g/mol. The van der Waals surface area contributed by atoms with E-state index < -0.39 is 5.97 Å². The van der Waals surface area contributed by atoms with Gasteiger partial charge in [0.15, 0.2) is 0 Å². The molecule has 0 N–H and O–H groups in total. The second-order valence-electron chi connectivity index (χ2n) is 7.81. The number of benzene rings is 3. The Morgan fingerprint density at radius 2 is 1.38 bits per heavy atom. The number of ether oxygens (including phenoxy) is 1. The van der Waals surface area contributed by atoms with Gasteiger partial charge in [-0.1, -0.05) is 63.2 Å². The molecule has 0 atom stereocenters. The third kappa shape index (κ3) is 4.37. The molecule has 3 rings (SSSR count). The molecule has 148 valence electrons. The predicted octanol–water partition coefficient (Wildman–Crippen LogP) is 5.75. The topological polar surface area (TPSA) is 46.6 Å². The minimum atomic E-state index is -0.489. The average molecular weight is 387 g/mol. The van der Waals surface area contributed by atoms with Crippen molar-refractivity contribution >= 4 is 23.3 Å². The van der Waals surface area contributed by atoms with Crippen LogP contribution in [0.15, 0.2) is 78.9 Å². The largest absolute Gasteiger partial charge is 0.465 e. The summed E-state index contributed by atoms with van der Waals surface area (Å²) in [5.74, 6) is -0.703. The Hall–Kier alpha value is -3.40. The van der Waals surface area contributed by atoms with Gasteiger partial charge in [-0.05, 0) is 47.4 Å². The van der Waals surface area contributed by atoms with Gasteiger partial charge in [0.1, 0.15) is 0 Å². The van der Waals surface area contributed by atoms with E-state index in [0.717, 1.165) is 5.56 Å². The first-order chi connectivity index (χ1) is 13.8. The highest BCUT2D eigenvalue weighted by Crippen LogP contribution is 2.31. The number of para-hydroxylation sites is 2. The summed E-state index contributed by atoms with van der Waals surface area (Å²) in [6.45, 7) is 6.39. The molecule has 4 nitrogen and oxygen atoms in total. The van der Waals surface area contributed by atoms with Gasteiger partial charge in [0.2, 0.25) is 0 Å². The van der Waals surface area contributed by atoms with Crippen molar-refractivity contribution in [1.29, 1.82) is 0 Å². The molecule has 3 aromatic rings. The third-order valence-electron chi connectivity index (χ3n) is 4.77. The van der Waals surface area contributed by atoms with E-state index in [1.54, 1.807) is 29.2 Å². The van der Waals surface area contributed by atoms with Gasteiger partial charge in [-0.3, -0.25) is 9.69 Å². The van der Waals surface area contributed by atoms with Crippen molar-refractivity contribution in [3.63, 3.8) is 0 Å². The lowest BCUT2D eigenvalue weighted by Gasteiger charge is -2.25. The van der Waals surface area contributed by atoms with Gasteiger partial charge in [-0.25, -0.2) is 4.79 Å². The monoisotopic (exact) mass is 387 g/mol. The number of rotatable bonds is 4. The molecule has 3 aromatic carbocycles. The maximum absolute atomic E-state index is 13.5. The molecule has 0 spiro atoms. The van der Waals surface area contributed by atoms with Gasteiger partial charge in [-0.15, -0.1) is 0 Å². The minimum Gasteiger partial charge on any atom is -0.465 e. The van der Waals surface area contributed by atoms with Crippen LogP contribution in [0.2, 0.25) is 0 Å². The van der Waals surface area contributed by atoms with E-state index in [9.17, 15) is 9.59 Å². The zero-order valence-electron chi connectivity index (χ0n) is 17.2. The van der Waals surface area contributed by atoms with Crippen LogP contribution in [0.5, 0.6) is 0 Å². The molecule has 0 unspecified atom stereocenters. The van der Waals surface area contributed by atoms with Crippen molar-refractivity contribution in [3.8, 4) is 0 Å². The van der Waals surface area contributed by atoms with Crippen LogP contribution in [-0.4, -0.2) is 19.0 Å². The number of nitrogens with zero attached hydrogens (tertiary/aromatic N) is 1. The highest BCUT2D eigenvalue weighted by Gasteiger charge is 2.25. The molecule has 0 fully saturated rings. The van der Waals surface area contributed by atoms with Crippen LogP contribution in [-0.2, 0) is 10.2 Å². The summed E-state index contributed by atoms with van der Waals surface area (Å²) in [4.78, 5) is 27.4. The highest BCUT2D eigenvalue weighted by atomic mass is 16.5. The maximum atomic E-state index is 13.5. The van der Waals surface area contributed by atoms with Gasteiger partial charge in [0, 0.05) is 11.3 Å². The lowest BCUT2D eigenvalue weighted by molar-refractivity contribution is 0.0601. The van der Waals surface area contributed by atoms with Gasteiger partial charge < -0.3 is 4.74 Å². The Morgan fingerprint density at radius 3 is 1.97 bits per heavy atom. The molecule has 0 aliphatic rings. The second-order valence-corrected chi connectivity index (χ2v) is 7.81. The molecule has 0 radical (unpaired) electrons. The number of carbonyl (C=O) groups excluding carboxylic acids is 2. The number of methoxy groups -OCH3 is 1. The fourth-order valence-corrected chi connectivity index (χ4v) is 3.14. The van der Waals surface area contributed by atoms with Crippen molar-refractivity contribution < 1.29 is 14.3 Å². The zero-order valence-corrected chi connectivity index (χ0v) is 17.2. The molecule has 0 aliphatic carbocycles. The fourth-order valence-electron chi connectivity index (χ4n) is 3.14. The van der Waals surface area contributed by atoms with Crippen molar-refractivity contribution in [3.05, 3.63) is 95.6 Å². The molecule has 1 amide bonds. The van der Waals surface area contributed by atoms with Gasteiger partial charge in [-0.2, -0.15) is 0 Å². The summed E-state index contributed by atoms with van der Waals surface area (Å²) in [6, 6.07) is 23.9. The first kappa shape index (κ1) is 20.3. The van der Waals surface area contributed by atoms with E-state index in [2.05, 4.69) is 20.8 Å². The first-order valence-electron chi connectivity index (χ1n) is 9.50. The summed E-state index contributed by atoms with van der Waals surface area (Å²) in [5.41, 5.74) is 3.18. The normalized spacial score (nSPS) is 11.0. The zero-order chi connectivity index (χ0) is 21.0. The van der Waals surface area contributed by atoms with E-state index >= 15 is 0 Å². The van der Waals surface area contributed by atoms with Crippen LogP contribution < -0.4 is 4.90 Å². The van der Waals surface area contributed by atoms with Gasteiger partial charge >= 0.3 is 5.97 Å². The maximum Gasteiger partial charge on any atom is 0.339 e. The highest BCUT2D eigenvalue weighted by molar-refractivity contribution is 6.13.